The van der Waals surface area contributed by atoms with E-state index >= 15 is 0 Å². The molecule has 0 saturated heterocycles. The number of benzene rings is 2. The van der Waals surface area contributed by atoms with Crippen molar-refractivity contribution < 1.29 is 10.0 Å². The van der Waals surface area contributed by atoms with Gasteiger partial charge in [0.1, 0.15) is 0 Å². The predicted molar refractivity (Wildman–Crippen MR) is 74.0 cm³/mol. The van der Waals surface area contributed by atoms with E-state index in [1.807, 2.05) is 60.7 Å². The summed E-state index contributed by atoms with van der Waals surface area (Å²) in [7, 11) is 0. The van der Waals surface area contributed by atoms with Gasteiger partial charge in [-0.1, -0.05) is 60.7 Å². The lowest BCUT2D eigenvalue weighted by atomic mass is 9.98. The van der Waals surface area contributed by atoms with Gasteiger partial charge in [-0.15, -0.1) is 0 Å². The first-order valence-electron chi connectivity index (χ1n) is 6.30. The Morgan fingerprint density at radius 1 is 0.947 bits per heavy atom. The standard InChI is InChI=1S/C16H17NO2/c18-16(12-14-9-5-2-6-10-14)15(17-19)11-13-7-3-1-4-8-13/h1-10,15,17,19H,11-12H2/t15-/m0/s1. The van der Waals surface area contributed by atoms with Gasteiger partial charge in [0.05, 0.1) is 6.04 Å². The van der Waals surface area contributed by atoms with Crippen molar-refractivity contribution in [1.82, 2.24) is 5.48 Å². The zero-order valence-electron chi connectivity index (χ0n) is 10.6. The molecule has 3 heteroatoms. The third-order valence-corrected chi connectivity index (χ3v) is 3.05. The van der Waals surface area contributed by atoms with Gasteiger partial charge >= 0.3 is 0 Å². The van der Waals surface area contributed by atoms with E-state index in [2.05, 4.69) is 5.48 Å². The molecule has 0 fully saturated rings. The maximum absolute atomic E-state index is 12.1. The molecule has 19 heavy (non-hydrogen) atoms. The van der Waals surface area contributed by atoms with E-state index in [-0.39, 0.29) is 5.78 Å². The molecule has 2 aromatic carbocycles. The zero-order chi connectivity index (χ0) is 13.5. The van der Waals surface area contributed by atoms with E-state index in [4.69, 9.17) is 5.21 Å². The molecular weight excluding hydrogens is 238 g/mol. The highest BCUT2D eigenvalue weighted by atomic mass is 16.5. The number of Topliss-reactive ketones (excluding diaryl/α,β-unsaturated/α-hetero) is 1. The fourth-order valence-electron chi connectivity index (χ4n) is 2.00. The Kier molecular flexibility index (Phi) is 4.84. The van der Waals surface area contributed by atoms with E-state index < -0.39 is 6.04 Å². The van der Waals surface area contributed by atoms with Crippen LogP contribution >= 0.6 is 0 Å². The van der Waals surface area contributed by atoms with Crippen molar-refractivity contribution in [2.45, 2.75) is 18.9 Å². The van der Waals surface area contributed by atoms with Gasteiger partial charge < -0.3 is 5.21 Å². The molecular formula is C16H17NO2. The summed E-state index contributed by atoms with van der Waals surface area (Å²) in [6.07, 6.45) is 0.814. The van der Waals surface area contributed by atoms with Gasteiger partial charge in [-0.05, 0) is 17.5 Å². The first-order chi connectivity index (χ1) is 9.29. The van der Waals surface area contributed by atoms with Crippen molar-refractivity contribution in [3.8, 4) is 0 Å². The lowest BCUT2D eigenvalue weighted by Crippen LogP contribution is -2.37. The SMILES string of the molecule is O=C(Cc1ccccc1)[C@H](Cc1ccccc1)NO. The summed E-state index contributed by atoms with van der Waals surface area (Å²) in [5.74, 6) is -0.0162. The van der Waals surface area contributed by atoms with E-state index in [0.717, 1.165) is 11.1 Å². The quantitative estimate of drug-likeness (QED) is 0.779. The molecule has 0 heterocycles. The Hall–Kier alpha value is -1.97. The summed E-state index contributed by atoms with van der Waals surface area (Å²) in [6.45, 7) is 0. The molecule has 0 aliphatic heterocycles. The molecule has 98 valence electrons. The molecule has 0 aromatic heterocycles. The topological polar surface area (TPSA) is 49.3 Å². The van der Waals surface area contributed by atoms with Crippen LogP contribution in [-0.2, 0) is 17.6 Å². The van der Waals surface area contributed by atoms with Crippen molar-refractivity contribution in [3.63, 3.8) is 0 Å². The Balaban J connectivity index is 2.00. The van der Waals surface area contributed by atoms with Crippen LogP contribution in [0, 0.1) is 0 Å². The molecule has 2 N–H and O–H groups in total. The summed E-state index contributed by atoms with van der Waals surface area (Å²) >= 11 is 0. The lowest BCUT2D eigenvalue weighted by Gasteiger charge is -2.14. The number of carbonyl (C=O) groups excluding carboxylic acids is 1. The molecule has 1 atom stereocenters. The second-order valence-corrected chi connectivity index (χ2v) is 4.50. The molecule has 0 amide bonds. The number of ketones is 1. The largest absolute Gasteiger partial charge is 0.316 e. The maximum atomic E-state index is 12.1. The third kappa shape index (κ3) is 4.02. The van der Waals surface area contributed by atoms with E-state index in [1.165, 1.54) is 0 Å². The van der Waals surface area contributed by atoms with Crippen molar-refractivity contribution in [2.75, 3.05) is 0 Å². The summed E-state index contributed by atoms with van der Waals surface area (Å²) in [4.78, 5) is 12.1. The van der Waals surface area contributed by atoms with Crippen molar-refractivity contribution >= 4 is 5.78 Å². The van der Waals surface area contributed by atoms with Crippen molar-refractivity contribution in [2.24, 2.45) is 0 Å². The van der Waals surface area contributed by atoms with Crippen LogP contribution in [0.2, 0.25) is 0 Å². The molecule has 2 aromatic rings. The fraction of sp³-hybridized carbons (Fsp3) is 0.188. The Labute approximate surface area is 112 Å². The van der Waals surface area contributed by atoms with Crippen LogP contribution in [0.4, 0.5) is 0 Å². The average Bonchev–Trinajstić information content (AvgIpc) is 2.47. The smallest absolute Gasteiger partial charge is 0.156 e. The second-order valence-electron chi connectivity index (χ2n) is 4.50. The Morgan fingerprint density at radius 3 is 2.00 bits per heavy atom. The molecule has 3 nitrogen and oxygen atoms in total. The van der Waals surface area contributed by atoms with Crippen LogP contribution < -0.4 is 5.48 Å². The van der Waals surface area contributed by atoms with Crippen molar-refractivity contribution in [1.29, 1.82) is 0 Å². The maximum Gasteiger partial charge on any atom is 0.156 e. The monoisotopic (exact) mass is 255 g/mol. The summed E-state index contributed by atoms with van der Waals surface area (Å²) in [5, 5.41) is 9.16. The number of rotatable bonds is 6. The minimum absolute atomic E-state index is 0.0162. The van der Waals surface area contributed by atoms with Crippen molar-refractivity contribution in [3.05, 3.63) is 71.8 Å². The normalized spacial score (nSPS) is 12.1. The van der Waals surface area contributed by atoms with Gasteiger partial charge in [-0.2, -0.15) is 5.48 Å². The summed E-state index contributed by atoms with van der Waals surface area (Å²) < 4.78 is 0. The van der Waals surface area contributed by atoms with Gasteiger partial charge in [-0.3, -0.25) is 4.79 Å². The molecule has 2 rings (SSSR count). The van der Waals surface area contributed by atoms with Crippen LogP contribution in [0.5, 0.6) is 0 Å². The predicted octanol–water partition coefficient (Wildman–Crippen LogP) is 2.39. The number of hydrogen-bond donors (Lipinski definition) is 2. The molecule has 0 unspecified atom stereocenters. The first kappa shape index (κ1) is 13.5. The van der Waals surface area contributed by atoms with Gasteiger partial charge in [0.25, 0.3) is 0 Å². The minimum Gasteiger partial charge on any atom is -0.316 e. The molecule has 0 spiro atoms. The first-order valence-corrected chi connectivity index (χ1v) is 6.30. The van der Waals surface area contributed by atoms with Crippen LogP contribution in [0.25, 0.3) is 0 Å². The van der Waals surface area contributed by atoms with E-state index in [0.29, 0.717) is 12.8 Å². The van der Waals surface area contributed by atoms with Gasteiger partial charge in [-0.25, -0.2) is 0 Å². The highest BCUT2D eigenvalue weighted by molar-refractivity contribution is 5.86. The number of nitrogens with one attached hydrogen (secondary N) is 1. The highest BCUT2D eigenvalue weighted by Gasteiger charge is 2.18. The molecule has 0 bridgehead atoms. The van der Waals surface area contributed by atoms with Crippen LogP contribution in [-0.4, -0.2) is 17.0 Å². The number of hydroxylamine groups is 1. The minimum atomic E-state index is -0.567. The molecule has 0 saturated carbocycles. The van der Waals surface area contributed by atoms with Crippen LogP contribution in [0.1, 0.15) is 11.1 Å². The number of hydrogen-bond acceptors (Lipinski definition) is 3. The fourth-order valence-corrected chi connectivity index (χ4v) is 2.00. The number of carbonyl (C=O) groups is 1. The van der Waals surface area contributed by atoms with E-state index in [9.17, 15) is 4.79 Å². The van der Waals surface area contributed by atoms with Crippen LogP contribution in [0.15, 0.2) is 60.7 Å². The van der Waals surface area contributed by atoms with Crippen LogP contribution in [0.3, 0.4) is 0 Å². The molecule has 0 aliphatic carbocycles. The second kappa shape index (κ2) is 6.83. The molecule has 0 aliphatic rings. The molecule has 0 radical (unpaired) electrons. The average molecular weight is 255 g/mol. The van der Waals surface area contributed by atoms with E-state index in [1.54, 1.807) is 0 Å². The van der Waals surface area contributed by atoms with Gasteiger partial charge in [0, 0.05) is 6.42 Å². The Bertz CT molecular complexity index is 511. The Morgan fingerprint density at radius 2 is 1.47 bits per heavy atom. The lowest BCUT2D eigenvalue weighted by molar-refractivity contribution is -0.122. The third-order valence-electron chi connectivity index (χ3n) is 3.05. The summed E-state index contributed by atoms with van der Waals surface area (Å²) in [5.41, 5.74) is 4.10. The zero-order valence-corrected chi connectivity index (χ0v) is 10.6. The van der Waals surface area contributed by atoms with Gasteiger partial charge in [0.2, 0.25) is 0 Å². The van der Waals surface area contributed by atoms with Gasteiger partial charge in [0.15, 0.2) is 5.78 Å². The highest BCUT2D eigenvalue weighted by Crippen LogP contribution is 2.07. The summed E-state index contributed by atoms with van der Waals surface area (Å²) in [6, 6.07) is 18.6.